The van der Waals surface area contributed by atoms with Crippen LogP contribution in [0.4, 0.5) is 0 Å². The zero-order valence-corrected chi connectivity index (χ0v) is 11.3. The molecule has 2 rings (SSSR count). The number of nitrogens with one attached hydrogen (secondary N) is 2. The third kappa shape index (κ3) is 2.93. The molecule has 0 bridgehead atoms. The van der Waals surface area contributed by atoms with Crippen LogP contribution in [-0.4, -0.2) is 18.5 Å². The van der Waals surface area contributed by atoms with Gasteiger partial charge in [0.1, 0.15) is 11.5 Å². The maximum absolute atomic E-state index is 12.2. The number of hydrogen-bond acceptors (Lipinski definition) is 3. The highest BCUT2D eigenvalue weighted by Gasteiger charge is 2.28. The minimum atomic E-state index is -0.0814. The van der Waals surface area contributed by atoms with Crippen LogP contribution < -0.4 is 10.6 Å². The van der Waals surface area contributed by atoms with Gasteiger partial charge in [-0.1, -0.05) is 6.92 Å². The van der Waals surface area contributed by atoms with Crippen molar-refractivity contribution in [1.82, 2.24) is 10.6 Å². The van der Waals surface area contributed by atoms with Gasteiger partial charge in [0.15, 0.2) is 0 Å². The highest BCUT2D eigenvalue weighted by molar-refractivity contribution is 5.82. The smallest absolute Gasteiger partial charge is 0.237 e. The molecule has 2 heterocycles. The largest absolute Gasteiger partial charge is 0.464 e. The number of carbonyl (C=O) groups is 1. The van der Waals surface area contributed by atoms with E-state index in [-0.39, 0.29) is 18.0 Å². The fourth-order valence-corrected chi connectivity index (χ4v) is 2.46. The van der Waals surface area contributed by atoms with Crippen LogP contribution in [0.2, 0.25) is 0 Å². The van der Waals surface area contributed by atoms with Crippen LogP contribution in [0.15, 0.2) is 16.5 Å². The Balaban J connectivity index is 1.94. The van der Waals surface area contributed by atoms with Crippen LogP contribution in [-0.2, 0) is 4.79 Å². The van der Waals surface area contributed by atoms with Crippen molar-refractivity contribution in [2.75, 3.05) is 6.54 Å². The summed E-state index contributed by atoms with van der Waals surface area (Å²) in [5.74, 6) is 2.15. The summed E-state index contributed by atoms with van der Waals surface area (Å²) in [6.07, 6.45) is 2.26. The van der Waals surface area contributed by atoms with E-state index in [1.807, 2.05) is 26.0 Å². The number of furan rings is 1. The Bertz CT molecular complexity index is 414. The summed E-state index contributed by atoms with van der Waals surface area (Å²) in [4.78, 5) is 12.2. The van der Waals surface area contributed by atoms with E-state index in [1.54, 1.807) is 0 Å². The maximum Gasteiger partial charge on any atom is 0.237 e. The molecule has 3 unspecified atom stereocenters. The molecule has 1 fully saturated rings. The standard InChI is InChI=1S/C14H22N2O2/c1-9-5-4-8-15-13(9)14(17)16-11(3)12-7-6-10(2)18-12/h6-7,9,11,13,15H,4-5,8H2,1-3H3,(H,16,17). The van der Waals surface area contributed by atoms with Crippen molar-refractivity contribution in [3.63, 3.8) is 0 Å². The minimum Gasteiger partial charge on any atom is -0.464 e. The molecule has 1 saturated heterocycles. The van der Waals surface area contributed by atoms with Gasteiger partial charge in [-0.05, 0) is 51.3 Å². The Kier molecular flexibility index (Phi) is 4.07. The molecule has 2 N–H and O–H groups in total. The SMILES string of the molecule is Cc1ccc(C(C)NC(=O)C2NCCCC2C)o1. The number of carbonyl (C=O) groups excluding carboxylic acids is 1. The monoisotopic (exact) mass is 250 g/mol. The number of rotatable bonds is 3. The van der Waals surface area contributed by atoms with Crippen molar-refractivity contribution < 1.29 is 9.21 Å². The van der Waals surface area contributed by atoms with Gasteiger partial charge in [-0.3, -0.25) is 4.79 Å². The second-order valence-electron chi connectivity index (χ2n) is 5.23. The van der Waals surface area contributed by atoms with Crippen LogP contribution in [0.3, 0.4) is 0 Å². The van der Waals surface area contributed by atoms with E-state index >= 15 is 0 Å². The molecule has 4 heteroatoms. The molecule has 1 aliphatic rings. The molecule has 4 nitrogen and oxygen atoms in total. The normalized spacial score (nSPS) is 25.7. The van der Waals surface area contributed by atoms with Crippen molar-refractivity contribution in [1.29, 1.82) is 0 Å². The molecule has 0 aliphatic carbocycles. The van der Waals surface area contributed by atoms with Gasteiger partial charge in [-0.15, -0.1) is 0 Å². The van der Waals surface area contributed by atoms with E-state index in [1.165, 1.54) is 0 Å². The van der Waals surface area contributed by atoms with E-state index in [9.17, 15) is 4.79 Å². The predicted molar refractivity (Wildman–Crippen MR) is 70.2 cm³/mol. The highest BCUT2D eigenvalue weighted by Crippen LogP contribution is 2.19. The molecule has 1 aliphatic heterocycles. The molecule has 1 amide bonds. The van der Waals surface area contributed by atoms with Crippen LogP contribution in [0.1, 0.15) is 44.3 Å². The van der Waals surface area contributed by atoms with Crippen molar-refractivity contribution in [2.24, 2.45) is 5.92 Å². The van der Waals surface area contributed by atoms with Gasteiger partial charge in [0.25, 0.3) is 0 Å². The Labute approximate surface area is 108 Å². The molecular weight excluding hydrogens is 228 g/mol. The van der Waals surface area contributed by atoms with Gasteiger partial charge in [-0.25, -0.2) is 0 Å². The fourth-order valence-electron chi connectivity index (χ4n) is 2.46. The molecule has 0 saturated carbocycles. The Morgan fingerprint density at radius 2 is 2.33 bits per heavy atom. The lowest BCUT2D eigenvalue weighted by atomic mass is 9.92. The number of amides is 1. The Morgan fingerprint density at radius 1 is 1.56 bits per heavy atom. The zero-order valence-electron chi connectivity index (χ0n) is 11.3. The van der Waals surface area contributed by atoms with Gasteiger partial charge < -0.3 is 15.1 Å². The first kappa shape index (κ1) is 13.1. The molecule has 0 spiro atoms. The third-order valence-electron chi connectivity index (χ3n) is 3.60. The predicted octanol–water partition coefficient (Wildman–Crippen LogP) is 2.15. The maximum atomic E-state index is 12.2. The van der Waals surface area contributed by atoms with Gasteiger partial charge in [0.05, 0.1) is 12.1 Å². The zero-order chi connectivity index (χ0) is 13.1. The lowest BCUT2D eigenvalue weighted by Gasteiger charge is -2.29. The molecule has 1 aromatic rings. The first-order valence-corrected chi connectivity index (χ1v) is 6.68. The minimum absolute atomic E-state index is 0.0720. The molecule has 3 atom stereocenters. The first-order chi connectivity index (χ1) is 8.58. The van der Waals surface area contributed by atoms with E-state index in [4.69, 9.17) is 4.42 Å². The van der Waals surface area contributed by atoms with Gasteiger partial charge in [0.2, 0.25) is 5.91 Å². The summed E-state index contributed by atoms with van der Waals surface area (Å²) in [5.41, 5.74) is 0. The summed E-state index contributed by atoms with van der Waals surface area (Å²) < 4.78 is 5.53. The van der Waals surface area contributed by atoms with Crippen molar-refractivity contribution in [3.8, 4) is 0 Å². The van der Waals surface area contributed by atoms with E-state index in [0.29, 0.717) is 5.92 Å². The summed E-state index contributed by atoms with van der Waals surface area (Å²) in [6, 6.07) is 3.68. The lowest BCUT2D eigenvalue weighted by molar-refractivity contribution is -0.125. The van der Waals surface area contributed by atoms with Crippen LogP contribution in [0, 0.1) is 12.8 Å². The number of piperidine rings is 1. The molecular formula is C14H22N2O2. The number of aryl methyl sites for hydroxylation is 1. The summed E-state index contributed by atoms with van der Waals surface area (Å²) in [5, 5.41) is 6.30. The second kappa shape index (κ2) is 5.57. The topological polar surface area (TPSA) is 54.3 Å². The third-order valence-corrected chi connectivity index (χ3v) is 3.60. The van der Waals surface area contributed by atoms with Gasteiger partial charge >= 0.3 is 0 Å². The average Bonchev–Trinajstić information content (AvgIpc) is 2.76. The van der Waals surface area contributed by atoms with E-state index in [2.05, 4.69) is 17.6 Å². The van der Waals surface area contributed by atoms with Crippen molar-refractivity contribution in [2.45, 2.75) is 45.7 Å². The summed E-state index contributed by atoms with van der Waals surface area (Å²) in [7, 11) is 0. The second-order valence-corrected chi connectivity index (χ2v) is 5.23. The highest BCUT2D eigenvalue weighted by atomic mass is 16.3. The molecule has 1 aromatic heterocycles. The van der Waals surface area contributed by atoms with Gasteiger partial charge in [0, 0.05) is 0 Å². The van der Waals surface area contributed by atoms with Crippen LogP contribution >= 0.6 is 0 Å². The van der Waals surface area contributed by atoms with Crippen LogP contribution in [0.5, 0.6) is 0 Å². The first-order valence-electron chi connectivity index (χ1n) is 6.68. The Morgan fingerprint density at radius 3 is 2.94 bits per heavy atom. The molecule has 100 valence electrons. The van der Waals surface area contributed by atoms with Crippen molar-refractivity contribution in [3.05, 3.63) is 23.7 Å². The van der Waals surface area contributed by atoms with E-state index < -0.39 is 0 Å². The molecule has 0 aromatic carbocycles. The summed E-state index contributed by atoms with van der Waals surface area (Å²) >= 11 is 0. The summed E-state index contributed by atoms with van der Waals surface area (Å²) in [6.45, 7) is 6.90. The Hall–Kier alpha value is -1.29. The fraction of sp³-hybridized carbons (Fsp3) is 0.643. The lowest BCUT2D eigenvalue weighted by Crippen LogP contribution is -2.51. The molecule has 0 radical (unpaired) electrons. The quantitative estimate of drug-likeness (QED) is 0.864. The number of hydrogen-bond donors (Lipinski definition) is 2. The van der Waals surface area contributed by atoms with Crippen LogP contribution in [0.25, 0.3) is 0 Å². The van der Waals surface area contributed by atoms with E-state index in [0.717, 1.165) is 30.9 Å². The van der Waals surface area contributed by atoms with Crippen molar-refractivity contribution >= 4 is 5.91 Å². The van der Waals surface area contributed by atoms with Gasteiger partial charge in [-0.2, -0.15) is 0 Å². The molecule has 18 heavy (non-hydrogen) atoms. The average molecular weight is 250 g/mol.